The van der Waals surface area contributed by atoms with Gasteiger partial charge in [0.1, 0.15) is 0 Å². The summed E-state index contributed by atoms with van der Waals surface area (Å²) in [7, 11) is 0. The van der Waals surface area contributed by atoms with E-state index in [1.165, 1.54) is 12.8 Å². The van der Waals surface area contributed by atoms with Gasteiger partial charge in [-0.15, -0.1) is 0 Å². The third kappa shape index (κ3) is 40.1. The van der Waals surface area contributed by atoms with E-state index in [0.29, 0.717) is 37.5 Å². The van der Waals surface area contributed by atoms with Crippen LogP contribution in [0.3, 0.4) is 0 Å². The summed E-state index contributed by atoms with van der Waals surface area (Å²) >= 11 is 0. The fourth-order valence-corrected chi connectivity index (χ4v) is 3.58. The third-order valence-electron chi connectivity index (χ3n) is 6.40. The van der Waals surface area contributed by atoms with E-state index in [1.54, 1.807) is 24.3 Å². The Hall–Kier alpha value is -3.92. The lowest BCUT2D eigenvalue weighted by molar-refractivity contribution is 0.226. The molecule has 2 heteroatoms. The van der Waals surface area contributed by atoms with Crippen LogP contribution in [-0.2, 0) is 0 Å². The molecule has 0 amide bonds. The fourth-order valence-electron chi connectivity index (χ4n) is 3.58. The van der Waals surface area contributed by atoms with Crippen LogP contribution in [0.2, 0.25) is 0 Å². The van der Waals surface area contributed by atoms with E-state index >= 15 is 0 Å². The van der Waals surface area contributed by atoms with Gasteiger partial charge in [0.05, 0.1) is 25.0 Å². The zero-order valence-electron chi connectivity index (χ0n) is 30.9. The summed E-state index contributed by atoms with van der Waals surface area (Å²) in [4.78, 5) is 0. The maximum absolute atomic E-state index is 9.68. The summed E-state index contributed by atoms with van der Waals surface area (Å²) < 4.78 is 0. The summed E-state index contributed by atoms with van der Waals surface area (Å²) in [6, 6.07) is 0. The smallest absolute Gasteiger partial charge is 0.0764 e. The van der Waals surface area contributed by atoms with Crippen molar-refractivity contribution in [1.82, 2.24) is 0 Å². The molecule has 0 heterocycles. The first-order valence-electron chi connectivity index (χ1n) is 18.0. The standard InChI is InChI=1S/C24H34.C22H30O2/c1-5-7-9-16-20-24(4)22-18-14-12-10-11-13-17-21-23(3)19-15-8-6-2;1-3-5-7-14-18-22(24)20-16-12-10-8-9-11-15-19-21(23)17-13-6-4-2/h8-9,15-18,21-24H,5-7,10,19-20H2,1-4H3;6-7,13-16,19-24H,3-5,8,17-18H2,1-2H3/b15-8-,16-9-,21-17+,22-18+;13-6-,14-7-,19-15+,20-16+/t23-,24-;21-,22-/m00/s1. The van der Waals surface area contributed by atoms with Crippen LogP contribution in [-0.4, -0.2) is 22.4 Å². The van der Waals surface area contributed by atoms with Crippen molar-refractivity contribution in [3.8, 4) is 47.4 Å². The van der Waals surface area contributed by atoms with E-state index in [1.807, 2.05) is 30.4 Å². The van der Waals surface area contributed by atoms with Gasteiger partial charge in [0.25, 0.3) is 0 Å². The molecule has 0 saturated heterocycles. The molecule has 48 heavy (non-hydrogen) atoms. The highest BCUT2D eigenvalue weighted by atomic mass is 16.3. The highest BCUT2D eigenvalue weighted by Gasteiger charge is 1.94. The van der Waals surface area contributed by atoms with Crippen molar-refractivity contribution in [2.24, 2.45) is 11.8 Å². The van der Waals surface area contributed by atoms with Gasteiger partial charge in [-0.2, -0.15) is 0 Å². The Morgan fingerprint density at radius 2 is 0.771 bits per heavy atom. The zero-order chi connectivity index (χ0) is 35.8. The largest absolute Gasteiger partial charge is 0.389 e. The molecule has 0 aromatic rings. The van der Waals surface area contributed by atoms with Crippen LogP contribution in [0.15, 0.2) is 97.2 Å². The van der Waals surface area contributed by atoms with E-state index in [0.717, 1.165) is 38.5 Å². The van der Waals surface area contributed by atoms with Crippen LogP contribution in [0.5, 0.6) is 0 Å². The van der Waals surface area contributed by atoms with E-state index in [-0.39, 0.29) is 0 Å². The van der Waals surface area contributed by atoms with Crippen LogP contribution in [0.1, 0.15) is 119 Å². The molecule has 4 atom stereocenters. The molecule has 0 aromatic carbocycles. The van der Waals surface area contributed by atoms with Gasteiger partial charge in [-0.05, 0) is 99.7 Å². The molecule has 0 aliphatic heterocycles. The van der Waals surface area contributed by atoms with Crippen molar-refractivity contribution in [2.45, 2.75) is 131 Å². The number of aliphatic hydroxyl groups excluding tert-OH is 2. The molecule has 0 rings (SSSR count). The average Bonchev–Trinajstić information content (AvgIpc) is 3.07. The van der Waals surface area contributed by atoms with Gasteiger partial charge in [0.2, 0.25) is 0 Å². The van der Waals surface area contributed by atoms with Crippen LogP contribution in [0, 0.1) is 59.2 Å². The Morgan fingerprint density at radius 1 is 0.438 bits per heavy atom. The fraction of sp³-hybridized carbons (Fsp3) is 0.478. The van der Waals surface area contributed by atoms with Gasteiger partial charge in [-0.3, -0.25) is 0 Å². The minimum Gasteiger partial charge on any atom is -0.389 e. The van der Waals surface area contributed by atoms with Crippen molar-refractivity contribution < 1.29 is 10.2 Å². The van der Waals surface area contributed by atoms with Crippen molar-refractivity contribution in [3.05, 3.63) is 97.2 Å². The molecule has 0 aliphatic carbocycles. The molecule has 0 aliphatic rings. The van der Waals surface area contributed by atoms with Gasteiger partial charge in [0, 0.05) is 0 Å². The topological polar surface area (TPSA) is 40.5 Å². The molecular formula is C46H64O2. The number of aliphatic hydroxyl groups is 2. The predicted octanol–water partition coefficient (Wildman–Crippen LogP) is 11.2. The molecule has 260 valence electrons. The van der Waals surface area contributed by atoms with Crippen LogP contribution >= 0.6 is 0 Å². The first-order valence-corrected chi connectivity index (χ1v) is 18.0. The quantitative estimate of drug-likeness (QED) is 0.115. The lowest BCUT2D eigenvalue weighted by Gasteiger charge is -1.98. The lowest BCUT2D eigenvalue weighted by atomic mass is 10.1. The Balaban J connectivity index is 0. The van der Waals surface area contributed by atoms with Gasteiger partial charge in [-0.1, -0.05) is 163 Å². The normalized spacial score (nSPS) is 14.0. The predicted molar refractivity (Wildman–Crippen MR) is 213 cm³/mol. The van der Waals surface area contributed by atoms with Gasteiger partial charge < -0.3 is 10.2 Å². The molecule has 0 radical (unpaired) electrons. The molecule has 0 bridgehead atoms. The monoisotopic (exact) mass is 648 g/mol. The molecule has 0 spiro atoms. The summed E-state index contributed by atoms with van der Waals surface area (Å²) in [5.41, 5.74) is 0. The van der Waals surface area contributed by atoms with E-state index in [4.69, 9.17) is 0 Å². The molecule has 2 N–H and O–H groups in total. The highest BCUT2D eigenvalue weighted by molar-refractivity contribution is 5.24. The number of hydrogen-bond donors (Lipinski definition) is 2. The average molecular weight is 649 g/mol. The Bertz CT molecular complexity index is 1150. The van der Waals surface area contributed by atoms with Gasteiger partial charge in [-0.25, -0.2) is 0 Å². The van der Waals surface area contributed by atoms with Gasteiger partial charge in [0.15, 0.2) is 0 Å². The maximum atomic E-state index is 9.68. The number of allylic oxidation sites excluding steroid dienone is 12. The summed E-state index contributed by atoms with van der Waals surface area (Å²) in [5, 5.41) is 19.3. The second kappa shape index (κ2) is 39.3. The minimum atomic E-state index is -0.482. The molecule has 0 aromatic heterocycles. The minimum absolute atomic E-state index is 0.465. The molecular weight excluding hydrogens is 585 g/mol. The zero-order valence-corrected chi connectivity index (χ0v) is 30.9. The second-order valence-electron chi connectivity index (χ2n) is 11.4. The van der Waals surface area contributed by atoms with Crippen LogP contribution in [0.25, 0.3) is 0 Å². The van der Waals surface area contributed by atoms with E-state index < -0.39 is 12.2 Å². The van der Waals surface area contributed by atoms with Crippen molar-refractivity contribution >= 4 is 0 Å². The van der Waals surface area contributed by atoms with Crippen molar-refractivity contribution in [1.29, 1.82) is 0 Å². The molecule has 0 fully saturated rings. The van der Waals surface area contributed by atoms with Crippen molar-refractivity contribution in [2.75, 3.05) is 0 Å². The highest BCUT2D eigenvalue weighted by Crippen LogP contribution is 2.06. The summed E-state index contributed by atoms with van der Waals surface area (Å²) in [6.45, 7) is 13.0. The molecule has 0 unspecified atom stereocenters. The third-order valence-corrected chi connectivity index (χ3v) is 6.40. The maximum Gasteiger partial charge on any atom is 0.0764 e. The first kappa shape index (κ1) is 46.2. The van der Waals surface area contributed by atoms with Crippen molar-refractivity contribution in [3.63, 3.8) is 0 Å². The van der Waals surface area contributed by atoms with Gasteiger partial charge >= 0.3 is 0 Å². The Morgan fingerprint density at radius 3 is 1.15 bits per heavy atom. The van der Waals surface area contributed by atoms with Crippen LogP contribution < -0.4 is 0 Å². The summed E-state index contributed by atoms with van der Waals surface area (Å²) in [5.74, 6) is 24.8. The number of rotatable bonds is 18. The second-order valence-corrected chi connectivity index (χ2v) is 11.4. The lowest BCUT2D eigenvalue weighted by Crippen LogP contribution is -1.98. The molecule has 2 nitrogen and oxygen atoms in total. The van der Waals surface area contributed by atoms with E-state index in [9.17, 15) is 10.2 Å². The van der Waals surface area contributed by atoms with E-state index in [2.05, 4.69) is 131 Å². The van der Waals surface area contributed by atoms with Crippen LogP contribution in [0.4, 0.5) is 0 Å². The Kier molecular flexibility index (Phi) is 37.8. The number of hydrogen-bond acceptors (Lipinski definition) is 2. The first-order chi connectivity index (χ1) is 23.4. The SMILES string of the molecule is CC/C=C\C[C@H](C)/C=C/C#CCC#C/C=C/[C@@H](C)C/C=C\CCC.CC/C=C\C[C@H](O)/C=C/C#CCC#C/C=C/[C@@H](O)C/C=C\CCC. The number of unbranched alkanes of at least 4 members (excludes halogenated alkanes) is 2. The Labute approximate surface area is 296 Å². The molecule has 0 saturated carbocycles. The summed E-state index contributed by atoms with van der Waals surface area (Å²) in [6.07, 6.45) is 42.2.